The Hall–Kier alpha value is -1.29. The van der Waals surface area contributed by atoms with Crippen LogP contribution in [0.4, 0.5) is 17.1 Å². The van der Waals surface area contributed by atoms with E-state index in [9.17, 15) is 0 Å². The molecule has 116 valence electrons. The van der Waals surface area contributed by atoms with Crippen molar-refractivity contribution in [1.82, 2.24) is 0 Å². The van der Waals surface area contributed by atoms with Crippen molar-refractivity contribution in [2.45, 2.75) is 5.88 Å². The fourth-order valence-electron chi connectivity index (χ4n) is 2.36. The van der Waals surface area contributed by atoms with E-state index >= 15 is 0 Å². The van der Waals surface area contributed by atoms with Gasteiger partial charge >= 0.3 is 0 Å². The van der Waals surface area contributed by atoms with Gasteiger partial charge in [0, 0.05) is 31.9 Å². The van der Waals surface area contributed by atoms with Gasteiger partial charge < -0.3 is 4.90 Å². The lowest BCUT2D eigenvalue weighted by atomic mass is 10.1. The molecule has 0 saturated heterocycles. The highest BCUT2D eigenvalue weighted by Gasteiger charge is 2.12. The maximum absolute atomic E-state index is 5.90. The zero-order valence-electron chi connectivity index (χ0n) is 12.2. The van der Waals surface area contributed by atoms with Crippen LogP contribution in [0.5, 0.6) is 0 Å². The summed E-state index contributed by atoms with van der Waals surface area (Å²) in [6.45, 7) is 0. The molecule has 0 amide bonds. The average Bonchev–Trinajstić information content (AvgIpc) is 2.59. The van der Waals surface area contributed by atoms with Gasteiger partial charge in [0.15, 0.2) is 0 Å². The Morgan fingerprint density at radius 3 is 1.30 bits per heavy atom. The summed E-state index contributed by atoms with van der Waals surface area (Å²) in [4.78, 5) is 2.22. The van der Waals surface area contributed by atoms with Crippen molar-refractivity contribution in [3.63, 3.8) is 0 Å². The predicted octanol–water partition coefficient (Wildman–Crippen LogP) is 7.42. The van der Waals surface area contributed by atoms with E-state index in [4.69, 9.17) is 11.6 Å². The monoisotopic (exact) mass is 449 g/mol. The Balaban J connectivity index is 2.08. The van der Waals surface area contributed by atoms with E-state index in [1.165, 1.54) is 0 Å². The second-order valence-electron chi connectivity index (χ2n) is 5.09. The number of alkyl halides is 1. The first kappa shape index (κ1) is 16.6. The van der Waals surface area contributed by atoms with Crippen molar-refractivity contribution in [1.29, 1.82) is 0 Å². The van der Waals surface area contributed by atoms with Gasteiger partial charge in [-0.25, -0.2) is 0 Å². The zero-order chi connectivity index (χ0) is 16.2. The molecule has 0 heterocycles. The summed E-state index contributed by atoms with van der Waals surface area (Å²) < 4.78 is 2.13. The van der Waals surface area contributed by atoms with Gasteiger partial charge in [-0.15, -0.1) is 11.6 Å². The molecule has 3 aromatic carbocycles. The summed E-state index contributed by atoms with van der Waals surface area (Å²) in [6, 6.07) is 24.9. The van der Waals surface area contributed by atoms with E-state index in [0.29, 0.717) is 5.88 Å². The predicted molar refractivity (Wildman–Crippen MR) is 106 cm³/mol. The second-order valence-corrected chi connectivity index (χ2v) is 7.19. The first-order valence-electron chi connectivity index (χ1n) is 7.13. The van der Waals surface area contributed by atoms with Crippen molar-refractivity contribution in [3.8, 4) is 0 Å². The summed E-state index contributed by atoms with van der Waals surface area (Å²) in [6.07, 6.45) is 0. The highest BCUT2D eigenvalue weighted by Crippen LogP contribution is 2.35. The van der Waals surface area contributed by atoms with Crippen LogP contribution in [-0.2, 0) is 5.88 Å². The Kier molecular flexibility index (Phi) is 5.42. The SMILES string of the molecule is ClCc1ccc(N(c2ccc(Br)cc2)c2ccc(Br)cc2)cc1. The van der Waals surface area contributed by atoms with E-state index in [1.54, 1.807) is 0 Å². The molecule has 3 rings (SSSR count). The molecule has 3 aromatic rings. The van der Waals surface area contributed by atoms with E-state index in [0.717, 1.165) is 31.6 Å². The van der Waals surface area contributed by atoms with E-state index < -0.39 is 0 Å². The minimum absolute atomic E-state index is 0.525. The van der Waals surface area contributed by atoms with Crippen LogP contribution in [0.25, 0.3) is 0 Å². The van der Waals surface area contributed by atoms with Crippen LogP contribution < -0.4 is 4.90 Å². The maximum atomic E-state index is 5.90. The Morgan fingerprint density at radius 2 is 0.957 bits per heavy atom. The molecule has 0 spiro atoms. The summed E-state index contributed by atoms with van der Waals surface area (Å²) in [5, 5.41) is 0. The fourth-order valence-corrected chi connectivity index (χ4v) is 3.07. The topological polar surface area (TPSA) is 3.24 Å². The molecule has 0 saturated carbocycles. The molecule has 0 unspecified atom stereocenters. The van der Waals surface area contributed by atoms with Gasteiger partial charge in [0.2, 0.25) is 0 Å². The van der Waals surface area contributed by atoms with Crippen LogP contribution in [0, 0.1) is 0 Å². The third-order valence-corrected chi connectivity index (χ3v) is 4.88. The third kappa shape index (κ3) is 3.97. The van der Waals surface area contributed by atoms with Gasteiger partial charge in [0.05, 0.1) is 0 Å². The summed E-state index contributed by atoms with van der Waals surface area (Å²) in [5.41, 5.74) is 4.42. The number of benzene rings is 3. The maximum Gasteiger partial charge on any atom is 0.0474 e. The van der Waals surface area contributed by atoms with Crippen LogP contribution in [0.15, 0.2) is 81.7 Å². The lowest BCUT2D eigenvalue weighted by Crippen LogP contribution is -2.09. The second kappa shape index (κ2) is 7.52. The molecule has 0 fully saturated rings. The molecule has 0 radical (unpaired) electrons. The molecule has 0 aromatic heterocycles. The van der Waals surface area contributed by atoms with Crippen molar-refractivity contribution < 1.29 is 0 Å². The fraction of sp³-hybridized carbons (Fsp3) is 0.0526. The molecule has 23 heavy (non-hydrogen) atoms. The first-order valence-corrected chi connectivity index (χ1v) is 9.25. The molecule has 0 bridgehead atoms. The van der Waals surface area contributed by atoms with E-state index in [2.05, 4.69) is 85.3 Å². The number of hydrogen-bond donors (Lipinski definition) is 0. The van der Waals surface area contributed by atoms with Gasteiger partial charge in [0.25, 0.3) is 0 Å². The molecule has 0 atom stereocenters. The van der Waals surface area contributed by atoms with Crippen LogP contribution >= 0.6 is 43.5 Å². The Morgan fingerprint density at radius 1 is 0.609 bits per heavy atom. The lowest BCUT2D eigenvalue weighted by Gasteiger charge is -2.25. The van der Waals surface area contributed by atoms with Crippen molar-refractivity contribution in [2.24, 2.45) is 0 Å². The molecular formula is C19H14Br2ClN. The molecule has 0 aliphatic carbocycles. The van der Waals surface area contributed by atoms with Gasteiger partial charge in [-0.3, -0.25) is 0 Å². The third-order valence-electron chi connectivity index (χ3n) is 3.52. The minimum Gasteiger partial charge on any atom is -0.311 e. The minimum atomic E-state index is 0.525. The Labute approximate surface area is 158 Å². The van der Waals surface area contributed by atoms with Crippen molar-refractivity contribution in [2.75, 3.05) is 4.90 Å². The molecule has 0 aliphatic heterocycles. The van der Waals surface area contributed by atoms with Crippen molar-refractivity contribution in [3.05, 3.63) is 87.3 Å². The van der Waals surface area contributed by atoms with Crippen molar-refractivity contribution >= 4 is 60.5 Å². The molecule has 0 aliphatic rings. The van der Waals surface area contributed by atoms with Crippen LogP contribution in [0.2, 0.25) is 0 Å². The summed E-state index contributed by atoms with van der Waals surface area (Å²) in [7, 11) is 0. The van der Waals surface area contributed by atoms with Crippen LogP contribution in [0.3, 0.4) is 0 Å². The van der Waals surface area contributed by atoms with Crippen LogP contribution in [-0.4, -0.2) is 0 Å². The van der Waals surface area contributed by atoms with Gasteiger partial charge in [-0.1, -0.05) is 44.0 Å². The molecule has 1 nitrogen and oxygen atoms in total. The first-order chi connectivity index (χ1) is 11.2. The smallest absolute Gasteiger partial charge is 0.0474 e. The normalized spacial score (nSPS) is 10.6. The summed E-state index contributed by atoms with van der Waals surface area (Å²) in [5.74, 6) is 0.525. The number of anilines is 3. The van der Waals surface area contributed by atoms with Gasteiger partial charge in [-0.2, -0.15) is 0 Å². The number of hydrogen-bond acceptors (Lipinski definition) is 1. The largest absolute Gasteiger partial charge is 0.311 e. The summed E-state index contributed by atoms with van der Waals surface area (Å²) >= 11 is 12.9. The highest BCUT2D eigenvalue weighted by molar-refractivity contribution is 9.10. The van der Waals surface area contributed by atoms with E-state index in [1.807, 2.05) is 24.3 Å². The average molecular weight is 452 g/mol. The molecular weight excluding hydrogens is 437 g/mol. The number of rotatable bonds is 4. The molecule has 4 heteroatoms. The highest BCUT2D eigenvalue weighted by atomic mass is 79.9. The quantitative estimate of drug-likeness (QED) is 0.373. The van der Waals surface area contributed by atoms with Gasteiger partial charge in [0.1, 0.15) is 0 Å². The lowest BCUT2D eigenvalue weighted by molar-refractivity contribution is 1.27. The molecule has 0 N–H and O–H groups in total. The van der Waals surface area contributed by atoms with Gasteiger partial charge in [-0.05, 0) is 66.2 Å². The zero-order valence-corrected chi connectivity index (χ0v) is 16.1. The van der Waals surface area contributed by atoms with E-state index in [-0.39, 0.29) is 0 Å². The standard InChI is InChI=1S/C19H14Br2ClN/c20-15-3-9-18(10-4-15)23(19-11-5-16(21)6-12-19)17-7-1-14(13-22)2-8-17/h1-12H,13H2. The number of halogens is 3. The van der Waals surface area contributed by atoms with Crippen LogP contribution in [0.1, 0.15) is 5.56 Å². The Bertz CT molecular complexity index is 722. The number of nitrogens with zero attached hydrogens (tertiary/aromatic N) is 1.